The fourth-order valence-corrected chi connectivity index (χ4v) is 3.87. The highest BCUT2D eigenvalue weighted by molar-refractivity contribution is 5.25. The lowest BCUT2D eigenvalue weighted by Crippen LogP contribution is -2.31. The van der Waals surface area contributed by atoms with Gasteiger partial charge in [-0.05, 0) is 48.0 Å². The highest BCUT2D eigenvalue weighted by atomic mass is 19.3. The molecule has 0 radical (unpaired) electrons. The molecular weight excluding hydrogens is 246 g/mol. The fraction of sp³-hybridized carbons (Fsp3) is 0.875. The predicted molar refractivity (Wildman–Crippen MR) is 73.1 cm³/mol. The lowest BCUT2D eigenvalue weighted by atomic mass is 9.70. The summed E-state index contributed by atoms with van der Waals surface area (Å²) in [5.41, 5.74) is 0.0624. The van der Waals surface area contributed by atoms with Gasteiger partial charge < -0.3 is 5.11 Å². The first-order valence-electron chi connectivity index (χ1n) is 7.45. The average Bonchev–Trinajstić information content (AvgIpc) is 2.68. The Morgan fingerprint density at radius 2 is 1.84 bits per heavy atom. The second-order valence-corrected chi connectivity index (χ2v) is 7.26. The van der Waals surface area contributed by atoms with Gasteiger partial charge in [-0.1, -0.05) is 32.8 Å². The first-order chi connectivity index (χ1) is 8.74. The number of aliphatic hydroxyl groups excluding tert-OH is 1. The van der Waals surface area contributed by atoms with Gasteiger partial charge >= 0.3 is 0 Å². The third-order valence-corrected chi connectivity index (χ3v) is 4.89. The van der Waals surface area contributed by atoms with Crippen molar-refractivity contribution < 1.29 is 13.9 Å². The zero-order valence-electron chi connectivity index (χ0n) is 12.3. The zero-order valence-corrected chi connectivity index (χ0v) is 12.3. The Labute approximate surface area is 115 Å². The van der Waals surface area contributed by atoms with Gasteiger partial charge in [0.2, 0.25) is 0 Å². The van der Waals surface area contributed by atoms with E-state index in [0.717, 1.165) is 32.6 Å². The molecule has 0 heterocycles. The van der Waals surface area contributed by atoms with Gasteiger partial charge in [0.15, 0.2) is 0 Å². The van der Waals surface area contributed by atoms with Crippen LogP contribution in [-0.2, 0) is 0 Å². The van der Waals surface area contributed by atoms with E-state index in [1.807, 2.05) is 19.9 Å². The number of allylic oxidation sites excluding steroid dienone is 2. The minimum absolute atomic E-state index is 0.0487. The van der Waals surface area contributed by atoms with Crippen molar-refractivity contribution in [2.75, 3.05) is 6.61 Å². The van der Waals surface area contributed by atoms with E-state index in [1.54, 1.807) is 0 Å². The second kappa shape index (κ2) is 5.16. The summed E-state index contributed by atoms with van der Waals surface area (Å²) in [6.45, 7) is 5.02. The Balaban J connectivity index is 2.23. The van der Waals surface area contributed by atoms with E-state index in [4.69, 9.17) is 0 Å². The molecule has 3 heteroatoms. The molecule has 0 aliphatic heterocycles. The van der Waals surface area contributed by atoms with E-state index in [9.17, 15) is 13.9 Å². The maximum Gasteiger partial charge on any atom is 0.266 e. The molecule has 0 saturated heterocycles. The Morgan fingerprint density at radius 3 is 2.42 bits per heavy atom. The molecule has 2 aliphatic rings. The Morgan fingerprint density at radius 1 is 1.21 bits per heavy atom. The summed E-state index contributed by atoms with van der Waals surface area (Å²) in [5, 5.41) is 9.43. The van der Waals surface area contributed by atoms with Crippen LogP contribution in [0, 0.1) is 23.2 Å². The summed E-state index contributed by atoms with van der Waals surface area (Å²) in [6, 6.07) is 0. The van der Waals surface area contributed by atoms with Crippen LogP contribution in [0.25, 0.3) is 0 Å². The van der Waals surface area contributed by atoms with Crippen molar-refractivity contribution in [1.82, 2.24) is 0 Å². The Kier molecular flexibility index (Phi) is 4.06. The van der Waals surface area contributed by atoms with Crippen molar-refractivity contribution in [2.45, 2.75) is 58.8 Å². The van der Waals surface area contributed by atoms with E-state index in [0.29, 0.717) is 23.8 Å². The molecule has 110 valence electrons. The number of rotatable bonds is 4. The maximum atomic E-state index is 13.9. The summed E-state index contributed by atoms with van der Waals surface area (Å²) in [5.74, 6) is -2.05. The van der Waals surface area contributed by atoms with Gasteiger partial charge in [-0.2, -0.15) is 0 Å². The van der Waals surface area contributed by atoms with Crippen LogP contribution in [0.4, 0.5) is 8.78 Å². The van der Waals surface area contributed by atoms with Crippen LogP contribution in [0.5, 0.6) is 0 Å². The molecular formula is C16H26F2O. The molecule has 1 fully saturated rings. The van der Waals surface area contributed by atoms with E-state index in [-0.39, 0.29) is 17.9 Å². The summed E-state index contributed by atoms with van der Waals surface area (Å²) in [4.78, 5) is 0. The molecule has 1 N–H and O–H groups in total. The van der Waals surface area contributed by atoms with Crippen molar-refractivity contribution in [3.63, 3.8) is 0 Å². The SMILES string of the molecule is CC(C)(CO)CC1C(C(C)(F)F)=CC2CCCCC21. The van der Waals surface area contributed by atoms with E-state index in [1.165, 1.54) is 0 Å². The molecule has 3 atom stereocenters. The molecule has 0 aromatic rings. The van der Waals surface area contributed by atoms with Crippen LogP contribution in [0.2, 0.25) is 0 Å². The number of halogens is 2. The van der Waals surface area contributed by atoms with E-state index in [2.05, 4.69) is 0 Å². The zero-order chi connectivity index (χ0) is 14.3. The number of fused-ring (bicyclic) bond motifs is 1. The number of hydrogen-bond donors (Lipinski definition) is 1. The van der Waals surface area contributed by atoms with Crippen molar-refractivity contribution in [3.05, 3.63) is 11.6 Å². The molecule has 19 heavy (non-hydrogen) atoms. The van der Waals surface area contributed by atoms with Gasteiger partial charge in [0.1, 0.15) is 0 Å². The molecule has 0 aromatic heterocycles. The van der Waals surface area contributed by atoms with Crippen LogP contribution < -0.4 is 0 Å². The van der Waals surface area contributed by atoms with Crippen LogP contribution in [0.15, 0.2) is 11.6 Å². The highest BCUT2D eigenvalue weighted by Crippen LogP contribution is 2.52. The molecule has 0 amide bonds. The third-order valence-electron chi connectivity index (χ3n) is 4.89. The van der Waals surface area contributed by atoms with Crippen molar-refractivity contribution >= 4 is 0 Å². The molecule has 0 aromatic carbocycles. The summed E-state index contributed by atoms with van der Waals surface area (Å²) < 4.78 is 27.7. The first-order valence-corrected chi connectivity index (χ1v) is 7.45. The van der Waals surface area contributed by atoms with Gasteiger partial charge in [-0.15, -0.1) is 0 Å². The van der Waals surface area contributed by atoms with Crippen LogP contribution in [-0.4, -0.2) is 17.6 Å². The minimum atomic E-state index is -2.71. The largest absolute Gasteiger partial charge is 0.396 e. The van der Waals surface area contributed by atoms with Gasteiger partial charge in [0, 0.05) is 13.5 Å². The van der Waals surface area contributed by atoms with Crippen LogP contribution >= 0.6 is 0 Å². The molecule has 2 aliphatic carbocycles. The van der Waals surface area contributed by atoms with Gasteiger partial charge in [-0.25, -0.2) is 8.78 Å². The summed E-state index contributed by atoms with van der Waals surface area (Å²) in [6.07, 6.45) is 6.97. The molecule has 3 unspecified atom stereocenters. The van der Waals surface area contributed by atoms with Gasteiger partial charge in [0.05, 0.1) is 0 Å². The second-order valence-electron chi connectivity index (χ2n) is 7.26. The van der Waals surface area contributed by atoms with E-state index >= 15 is 0 Å². The normalized spacial score (nSPS) is 32.1. The summed E-state index contributed by atoms with van der Waals surface area (Å²) >= 11 is 0. The maximum absolute atomic E-state index is 13.9. The lowest BCUT2D eigenvalue weighted by Gasteiger charge is -2.36. The molecule has 1 saturated carbocycles. The highest BCUT2D eigenvalue weighted by Gasteiger charge is 2.46. The topological polar surface area (TPSA) is 20.2 Å². The fourth-order valence-electron chi connectivity index (χ4n) is 3.87. The summed E-state index contributed by atoms with van der Waals surface area (Å²) in [7, 11) is 0. The Hall–Kier alpha value is -0.440. The first kappa shape index (κ1) is 15.0. The lowest BCUT2D eigenvalue weighted by molar-refractivity contribution is 0.0362. The average molecular weight is 272 g/mol. The minimum Gasteiger partial charge on any atom is -0.396 e. The van der Waals surface area contributed by atoms with Gasteiger partial charge in [0.25, 0.3) is 5.92 Å². The number of alkyl halides is 2. The van der Waals surface area contributed by atoms with Crippen molar-refractivity contribution in [3.8, 4) is 0 Å². The van der Waals surface area contributed by atoms with Crippen molar-refractivity contribution in [1.29, 1.82) is 0 Å². The Bertz CT molecular complexity index is 354. The molecule has 0 spiro atoms. The van der Waals surface area contributed by atoms with Gasteiger partial charge in [-0.3, -0.25) is 0 Å². The van der Waals surface area contributed by atoms with Crippen molar-refractivity contribution in [2.24, 2.45) is 23.2 Å². The standard InChI is InChI=1S/C16H26F2O/c1-15(2,10-19)9-13-12-7-5-4-6-11(12)8-14(13)16(3,17)18/h8,11-13,19H,4-7,9-10H2,1-3H3. The van der Waals surface area contributed by atoms with E-state index < -0.39 is 5.92 Å². The molecule has 1 nitrogen and oxygen atoms in total. The monoisotopic (exact) mass is 272 g/mol. The predicted octanol–water partition coefficient (Wildman–Crippen LogP) is 4.41. The molecule has 2 rings (SSSR count). The molecule has 0 bridgehead atoms. The number of hydrogen-bond acceptors (Lipinski definition) is 1. The quantitative estimate of drug-likeness (QED) is 0.751. The van der Waals surface area contributed by atoms with Crippen LogP contribution in [0.1, 0.15) is 52.9 Å². The van der Waals surface area contributed by atoms with Crippen LogP contribution in [0.3, 0.4) is 0 Å². The smallest absolute Gasteiger partial charge is 0.266 e. The number of aliphatic hydroxyl groups is 1. The third kappa shape index (κ3) is 3.18.